The summed E-state index contributed by atoms with van der Waals surface area (Å²) in [7, 11) is 0. The van der Waals surface area contributed by atoms with Gasteiger partial charge in [-0.25, -0.2) is 0 Å². The third-order valence-corrected chi connectivity index (χ3v) is 4.05. The Morgan fingerprint density at radius 1 is 0.905 bits per heavy atom. The first-order chi connectivity index (χ1) is 10.3. The van der Waals surface area contributed by atoms with Crippen LogP contribution in [0.2, 0.25) is 0 Å². The summed E-state index contributed by atoms with van der Waals surface area (Å²) in [5.74, 6) is 0. The standard InChI is InChI=1S/C20H19N/c1-15-12-13-19(16(15)2)20-11-7-6-8-17(20)14-21-18-9-4-3-5-10-18/h3-12,14H,13H2,1-2H3. The van der Waals surface area contributed by atoms with Crippen LogP contribution >= 0.6 is 0 Å². The zero-order valence-corrected chi connectivity index (χ0v) is 12.5. The molecule has 3 rings (SSSR count). The molecule has 0 amide bonds. The molecule has 1 aliphatic carbocycles. The molecule has 0 unspecified atom stereocenters. The lowest BCUT2D eigenvalue weighted by Crippen LogP contribution is -1.92. The molecule has 2 aromatic carbocycles. The van der Waals surface area contributed by atoms with Crippen molar-refractivity contribution < 1.29 is 0 Å². The molecule has 1 nitrogen and oxygen atoms in total. The molecule has 0 bridgehead atoms. The van der Waals surface area contributed by atoms with E-state index in [2.05, 4.69) is 49.2 Å². The molecule has 0 spiro atoms. The van der Waals surface area contributed by atoms with Gasteiger partial charge in [0.2, 0.25) is 0 Å². The highest BCUT2D eigenvalue weighted by atomic mass is 14.7. The van der Waals surface area contributed by atoms with Crippen LogP contribution in [0.25, 0.3) is 5.57 Å². The first-order valence-corrected chi connectivity index (χ1v) is 7.31. The van der Waals surface area contributed by atoms with Gasteiger partial charge in [0.15, 0.2) is 0 Å². The highest BCUT2D eigenvalue weighted by Gasteiger charge is 2.14. The molecule has 0 N–H and O–H groups in total. The highest BCUT2D eigenvalue weighted by Crippen LogP contribution is 2.34. The van der Waals surface area contributed by atoms with Crippen LogP contribution in [0.4, 0.5) is 5.69 Å². The van der Waals surface area contributed by atoms with E-state index in [-0.39, 0.29) is 0 Å². The fourth-order valence-electron chi connectivity index (χ4n) is 2.65. The summed E-state index contributed by atoms with van der Waals surface area (Å²) in [5, 5.41) is 0. The van der Waals surface area contributed by atoms with E-state index in [1.807, 2.05) is 36.5 Å². The van der Waals surface area contributed by atoms with E-state index in [1.165, 1.54) is 27.8 Å². The van der Waals surface area contributed by atoms with Gasteiger partial charge >= 0.3 is 0 Å². The van der Waals surface area contributed by atoms with Crippen molar-refractivity contribution in [2.24, 2.45) is 4.99 Å². The van der Waals surface area contributed by atoms with Crippen LogP contribution < -0.4 is 0 Å². The van der Waals surface area contributed by atoms with Gasteiger partial charge in [0, 0.05) is 11.8 Å². The lowest BCUT2D eigenvalue weighted by Gasteiger charge is -2.09. The van der Waals surface area contributed by atoms with Crippen molar-refractivity contribution in [1.29, 1.82) is 0 Å². The van der Waals surface area contributed by atoms with Gasteiger partial charge in [0.05, 0.1) is 5.69 Å². The maximum absolute atomic E-state index is 4.59. The van der Waals surface area contributed by atoms with Crippen molar-refractivity contribution in [1.82, 2.24) is 0 Å². The van der Waals surface area contributed by atoms with Crippen LogP contribution in [0.5, 0.6) is 0 Å². The van der Waals surface area contributed by atoms with Crippen LogP contribution in [0.15, 0.2) is 76.8 Å². The maximum atomic E-state index is 4.59. The molecule has 0 aromatic heterocycles. The average Bonchev–Trinajstić information content (AvgIpc) is 2.86. The number of allylic oxidation sites excluding steroid dienone is 4. The van der Waals surface area contributed by atoms with Gasteiger partial charge < -0.3 is 0 Å². The van der Waals surface area contributed by atoms with Gasteiger partial charge in [-0.15, -0.1) is 0 Å². The minimum atomic E-state index is 0.985. The Hall–Kier alpha value is -2.41. The summed E-state index contributed by atoms with van der Waals surface area (Å²) >= 11 is 0. The first kappa shape index (κ1) is 13.6. The molecule has 0 radical (unpaired) electrons. The number of rotatable bonds is 3. The Labute approximate surface area is 126 Å². The van der Waals surface area contributed by atoms with E-state index >= 15 is 0 Å². The van der Waals surface area contributed by atoms with Crippen molar-refractivity contribution >= 4 is 17.5 Å². The van der Waals surface area contributed by atoms with Crippen molar-refractivity contribution in [2.45, 2.75) is 20.3 Å². The Morgan fingerprint density at radius 2 is 1.62 bits per heavy atom. The number of hydrogen-bond donors (Lipinski definition) is 0. The fraction of sp³-hybridized carbons (Fsp3) is 0.150. The number of nitrogens with zero attached hydrogens (tertiary/aromatic N) is 1. The van der Waals surface area contributed by atoms with E-state index in [0.717, 1.165) is 12.1 Å². The topological polar surface area (TPSA) is 12.4 Å². The van der Waals surface area contributed by atoms with Crippen molar-refractivity contribution in [3.05, 3.63) is 82.9 Å². The second kappa shape index (κ2) is 5.92. The van der Waals surface area contributed by atoms with E-state index in [1.54, 1.807) is 0 Å². The fourth-order valence-corrected chi connectivity index (χ4v) is 2.65. The van der Waals surface area contributed by atoms with Gasteiger partial charge in [-0.2, -0.15) is 0 Å². The minimum Gasteiger partial charge on any atom is -0.256 e. The third-order valence-electron chi connectivity index (χ3n) is 4.05. The number of para-hydroxylation sites is 1. The van der Waals surface area contributed by atoms with Crippen LogP contribution in [-0.4, -0.2) is 6.21 Å². The van der Waals surface area contributed by atoms with E-state index in [0.29, 0.717) is 0 Å². The summed E-state index contributed by atoms with van der Waals surface area (Å²) in [6.45, 7) is 4.39. The molecular formula is C20H19N. The summed E-state index contributed by atoms with van der Waals surface area (Å²) in [5.41, 5.74) is 7.67. The SMILES string of the molecule is CC1=CCC(c2ccccc2C=Nc2ccccc2)=C1C. The first-order valence-electron chi connectivity index (χ1n) is 7.31. The van der Waals surface area contributed by atoms with Gasteiger partial charge in [-0.1, -0.05) is 54.1 Å². The Bertz CT molecular complexity index is 733. The Balaban J connectivity index is 1.96. The number of benzene rings is 2. The van der Waals surface area contributed by atoms with Gasteiger partial charge in [0.25, 0.3) is 0 Å². The Morgan fingerprint density at radius 3 is 2.33 bits per heavy atom. The van der Waals surface area contributed by atoms with Crippen molar-refractivity contribution in [3.8, 4) is 0 Å². The predicted octanol–water partition coefficient (Wildman–Crippen LogP) is 5.56. The molecule has 104 valence electrons. The molecule has 0 heterocycles. The molecule has 0 atom stereocenters. The molecule has 0 saturated carbocycles. The Kier molecular flexibility index (Phi) is 3.83. The molecule has 21 heavy (non-hydrogen) atoms. The molecule has 2 aromatic rings. The zero-order chi connectivity index (χ0) is 14.7. The van der Waals surface area contributed by atoms with Crippen LogP contribution in [0.3, 0.4) is 0 Å². The number of hydrogen-bond acceptors (Lipinski definition) is 1. The summed E-state index contributed by atoms with van der Waals surface area (Å²) in [6, 6.07) is 18.6. The summed E-state index contributed by atoms with van der Waals surface area (Å²) in [4.78, 5) is 4.59. The maximum Gasteiger partial charge on any atom is 0.0629 e. The van der Waals surface area contributed by atoms with E-state index in [4.69, 9.17) is 0 Å². The summed E-state index contributed by atoms with van der Waals surface area (Å²) in [6.07, 6.45) is 5.29. The van der Waals surface area contributed by atoms with Crippen LogP contribution in [0, 0.1) is 0 Å². The second-order valence-electron chi connectivity index (χ2n) is 5.38. The van der Waals surface area contributed by atoms with Gasteiger partial charge in [-0.05, 0) is 49.1 Å². The normalized spacial score (nSPS) is 14.9. The van der Waals surface area contributed by atoms with Gasteiger partial charge in [0.1, 0.15) is 0 Å². The molecule has 0 saturated heterocycles. The minimum absolute atomic E-state index is 0.985. The van der Waals surface area contributed by atoms with E-state index in [9.17, 15) is 0 Å². The second-order valence-corrected chi connectivity index (χ2v) is 5.38. The lowest BCUT2D eigenvalue weighted by atomic mass is 9.96. The lowest BCUT2D eigenvalue weighted by molar-refractivity contribution is 1.38. The third kappa shape index (κ3) is 2.87. The van der Waals surface area contributed by atoms with Crippen molar-refractivity contribution in [2.75, 3.05) is 0 Å². The summed E-state index contributed by atoms with van der Waals surface area (Å²) < 4.78 is 0. The molecule has 0 fully saturated rings. The molecular weight excluding hydrogens is 254 g/mol. The number of aliphatic imine (C=N–C) groups is 1. The largest absolute Gasteiger partial charge is 0.256 e. The quantitative estimate of drug-likeness (QED) is 0.649. The van der Waals surface area contributed by atoms with Crippen LogP contribution in [-0.2, 0) is 0 Å². The smallest absolute Gasteiger partial charge is 0.0629 e. The monoisotopic (exact) mass is 273 g/mol. The molecule has 1 heteroatoms. The van der Waals surface area contributed by atoms with Gasteiger partial charge in [-0.3, -0.25) is 4.99 Å². The highest BCUT2D eigenvalue weighted by molar-refractivity contribution is 5.91. The average molecular weight is 273 g/mol. The molecule has 0 aliphatic heterocycles. The van der Waals surface area contributed by atoms with Crippen molar-refractivity contribution in [3.63, 3.8) is 0 Å². The van der Waals surface area contributed by atoms with Crippen LogP contribution in [0.1, 0.15) is 31.4 Å². The zero-order valence-electron chi connectivity index (χ0n) is 12.5. The van der Waals surface area contributed by atoms with E-state index < -0.39 is 0 Å². The molecule has 1 aliphatic rings. The predicted molar refractivity (Wildman–Crippen MR) is 91.1 cm³/mol.